The molecule has 0 spiro atoms. The first kappa shape index (κ1) is 19.6. The molecule has 3 aliphatic carbocycles. The molecule has 1 saturated heterocycles. The number of hydrogen-bond acceptors (Lipinski definition) is 1. The average Bonchev–Trinajstić information content (AvgIpc) is 3.04. The van der Waals surface area contributed by atoms with Crippen molar-refractivity contribution in [1.29, 1.82) is 0 Å². The van der Waals surface area contributed by atoms with Gasteiger partial charge in [0, 0.05) is 19.5 Å². The van der Waals surface area contributed by atoms with Crippen LogP contribution in [-0.4, -0.2) is 23.9 Å². The minimum Gasteiger partial charge on any atom is -0.342 e. The van der Waals surface area contributed by atoms with Crippen LogP contribution in [0.1, 0.15) is 71.3 Å². The molecule has 0 bridgehead atoms. The first-order valence-electron chi connectivity index (χ1n) is 12.1. The van der Waals surface area contributed by atoms with E-state index in [9.17, 15) is 4.79 Å². The lowest BCUT2D eigenvalue weighted by Crippen LogP contribution is -2.63. The highest BCUT2D eigenvalue weighted by molar-refractivity contribution is 5.77. The second-order valence-electron chi connectivity index (χ2n) is 11.5. The molecule has 3 unspecified atom stereocenters. The Morgan fingerprint density at radius 1 is 1.00 bits per heavy atom. The third-order valence-electron chi connectivity index (χ3n) is 10.5. The Labute approximate surface area is 177 Å². The zero-order chi connectivity index (χ0) is 20.4. The van der Waals surface area contributed by atoms with E-state index < -0.39 is 0 Å². The maximum Gasteiger partial charge on any atom is 0.222 e. The molecule has 4 aliphatic rings. The van der Waals surface area contributed by atoms with Gasteiger partial charge in [0.1, 0.15) is 0 Å². The molecule has 8 atom stereocenters. The molecule has 2 nitrogen and oxygen atoms in total. The maximum atomic E-state index is 12.4. The summed E-state index contributed by atoms with van der Waals surface area (Å²) in [5.41, 5.74) is 2.36. The zero-order valence-corrected chi connectivity index (χ0v) is 18.9. The van der Waals surface area contributed by atoms with Crippen LogP contribution in [0.5, 0.6) is 0 Å². The van der Waals surface area contributed by atoms with Gasteiger partial charge in [-0.3, -0.25) is 4.79 Å². The van der Waals surface area contributed by atoms with E-state index in [-0.39, 0.29) is 0 Å². The number of likely N-dealkylation sites (tertiary alicyclic amines) is 1. The minimum absolute atomic E-state index is 0.332. The van der Waals surface area contributed by atoms with Crippen molar-refractivity contribution in [3.63, 3.8) is 0 Å². The van der Waals surface area contributed by atoms with Gasteiger partial charge in [-0.1, -0.05) is 51.1 Å². The standard InChI is InChI=1S/C27H39NO/c1-18-16-23-27(3,15-13-24(29)28(23)4)22-12-14-26(2)20(10-11-21(26)25(18)22)17-19-8-6-5-7-9-19/h5-9,18,20-23,25H,10-17H2,1-4H3/t18?,20?,21-,22+,23?,25-,26+,27+/m0/s1. The second kappa shape index (κ2) is 6.86. The van der Waals surface area contributed by atoms with Crippen LogP contribution < -0.4 is 0 Å². The van der Waals surface area contributed by atoms with Crippen molar-refractivity contribution in [2.75, 3.05) is 7.05 Å². The summed E-state index contributed by atoms with van der Waals surface area (Å²) in [5.74, 6) is 4.50. The van der Waals surface area contributed by atoms with Gasteiger partial charge in [0.15, 0.2) is 0 Å². The van der Waals surface area contributed by atoms with Gasteiger partial charge >= 0.3 is 0 Å². The predicted octanol–water partition coefficient (Wildman–Crippen LogP) is 5.95. The number of carbonyl (C=O) groups excluding carboxylic acids is 1. The summed E-state index contributed by atoms with van der Waals surface area (Å²) >= 11 is 0. The molecule has 1 heterocycles. The lowest BCUT2D eigenvalue weighted by atomic mass is 9.44. The summed E-state index contributed by atoms with van der Waals surface area (Å²) in [5, 5.41) is 0. The molecule has 0 radical (unpaired) electrons. The number of nitrogens with zero attached hydrogens (tertiary/aromatic N) is 1. The van der Waals surface area contributed by atoms with E-state index in [4.69, 9.17) is 0 Å². The van der Waals surface area contributed by atoms with E-state index in [1.165, 1.54) is 44.1 Å². The molecule has 1 aliphatic heterocycles. The molecule has 158 valence electrons. The molecule has 1 amide bonds. The average molecular weight is 394 g/mol. The van der Waals surface area contributed by atoms with Crippen molar-refractivity contribution in [2.24, 2.45) is 40.4 Å². The third kappa shape index (κ3) is 2.84. The van der Waals surface area contributed by atoms with Crippen LogP contribution in [0.2, 0.25) is 0 Å². The van der Waals surface area contributed by atoms with Crippen LogP contribution in [0.15, 0.2) is 30.3 Å². The number of fused-ring (bicyclic) bond motifs is 5. The van der Waals surface area contributed by atoms with Gasteiger partial charge in [-0.05, 0) is 90.9 Å². The van der Waals surface area contributed by atoms with Gasteiger partial charge in [-0.2, -0.15) is 0 Å². The lowest BCUT2D eigenvalue weighted by molar-refractivity contribution is -0.166. The molecule has 3 saturated carbocycles. The predicted molar refractivity (Wildman–Crippen MR) is 118 cm³/mol. The van der Waals surface area contributed by atoms with Crippen molar-refractivity contribution in [1.82, 2.24) is 4.90 Å². The molecule has 4 fully saturated rings. The normalized spacial score (nSPS) is 46.8. The molecule has 0 aromatic heterocycles. The van der Waals surface area contributed by atoms with Gasteiger partial charge in [0.25, 0.3) is 0 Å². The van der Waals surface area contributed by atoms with Gasteiger partial charge in [0.2, 0.25) is 5.91 Å². The van der Waals surface area contributed by atoms with Crippen molar-refractivity contribution in [3.05, 3.63) is 35.9 Å². The Balaban J connectivity index is 1.42. The monoisotopic (exact) mass is 393 g/mol. The Hall–Kier alpha value is -1.31. The van der Waals surface area contributed by atoms with Gasteiger partial charge in [-0.25, -0.2) is 0 Å². The largest absolute Gasteiger partial charge is 0.342 e. The number of benzene rings is 1. The Morgan fingerprint density at radius 3 is 2.48 bits per heavy atom. The van der Waals surface area contributed by atoms with E-state index in [1.54, 1.807) is 0 Å². The van der Waals surface area contributed by atoms with Crippen LogP contribution in [0.25, 0.3) is 0 Å². The molecule has 29 heavy (non-hydrogen) atoms. The minimum atomic E-state index is 0.332. The quantitative estimate of drug-likeness (QED) is 0.607. The van der Waals surface area contributed by atoms with Crippen LogP contribution in [0.4, 0.5) is 0 Å². The summed E-state index contributed by atoms with van der Waals surface area (Å²) in [6.45, 7) is 7.70. The van der Waals surface area contributed by atoms with Gasteiger partial charge in [0.05, 0.1) is 0 Å². The molecule has 0 N–H and O–H groups in total. The fraction of sp³-hybridized carbons (Fsp3) is 0.741. The fourth-order valence-electron chi connectivity index (χ4n) is 8.80. The second-order valence-corrected chi connectivity index (χ2v) is 11.5. The first-order valence-corrected chi connectivity index (χ1v) is 12.1. The van der Waals surface area contributed by atoms with Crippen LogP contribution in [0.3, 0.4) is 0 Å². The van der Waals surface area contributed by atoms with E-state index in [0.29, 0.717) is 22.8 Å². The summed E-state index contributed by atoms with van der Waals surface area (Å²) in [6, 6.07) is 11.7. The summed E-state index contributed by atoms with van der Waals surface area (Å²) in [7, 11) is 2.08. The van der Waals surface area contributed by atoms with Gasteiger partial charge < -0.3 is 4.90 Å². The highest BCUT2D eigenvalue weighted by atomic mass is 16.2. The number of amides is 1. The Bertz CT molecular complexity index is 774. The van der Waals surface area contributed by atoms with Crippen molar-refractivity contribution >= 4 is 5.91 Å². The number of rotatable bonds is 2. The van der Waals surface area contributed by atoms with E-state index >= 15 is 0 Å². The highest BCUT2D eigenvalue weighted by Crippen LogP contribution is 2.67. The molecule has 2 heteroatoms. The highest BCUT2D eigenvalue weighted by Gasteiger charge is 2.62. The lowest BCUT2D eigenvalue weighted by Gasteiger charge is -2.63. The topological polar surface area (TPSA) is 20.3 Å². The Morgan fingerprint density at radius 2 is 1.72 bits per heavy atom. The Kier molecular flexibility index (Phi) is 4.64. The smallest absolute Gasteiger partial charge is 0.222 e. The van der Waals surface area contributed by atoms with Crippen molar-refractivity contribution in [2.45, 2.75) is 78.2 Å². The summed E-state index contributed by atoms with van der Waals surface area (Å²) in [4.78, 5) is 14.6. The van der Waals surface area contributed by atoms with E-state index in [1.807, 2.05) is 0 Å². The molecular weight excluding hydrogens is 354 g/mol. The van der Waals surface area contributed by atoms with Crippen LogP contribution in [-0.2, 0) is 11.2 Å². The van der Waals surface area contributed by atoms with E-state index in [2.05, 4.69) is 63.1 Å². The SMILES string of the molecule is CC1CC2N(C)C(=O)CC[C@]2(C)[C@@H]2CC[C@]3(C)C(Cc4ccccc4)CC[C@H]3[C@H]12. The van der Waals surface area contributed by atoms with E-state index in [0.717, 1.165) is 42.4 Å². The summed E-state index contributed by atoms with van der Waals surface area (Å²) < 4.78 is 0. The van der Waals surface area contributed by atoms with Crippen LogP contribution >= 0.6 is 0 Å². The number of carbonyl (C=O) groups is 1. The third-order valence-corrected chi connectivity index (χ3v) is 10.5. The molecule has 1 aromatic rings. The van der Waals surface area contributed by atoms with Crippen molar-refractivity contribution in [3.8, 4) is 0 Å². The number of hydrogen-bond donors (Lipinski definition) is 0. The molecular formula is C27H39NO. The fourth-order valence-corrected chi connectivity index (χ4v) is 8.80. The molecule has 5 rings (SSSR count). The van der Waals surface area contributed by atoms with Gasteiger partial charge in [-0.15, -0.1) is 0 Å². The first-order chi connectivity index (χ1) is 13.8. The zero-order valence-electron chi connectivity index (χ0n) is 18.9. The number of piperidine rings is 1. The van der Waals surface area contributed by atoms with Crippen molar-refractivity contribution < 1.29 is 4.79 Å². The summed E-state index contributed by atoms with van der Waals surface area (Å²) in [6.07, 6.45) is 9.96. The van der Waals surface area contributed by atoms with Crippen LogP contribution in [0, 0.1) is 40.4 Å². The molecule has 1 aromatic carbocycles. The maximum absolute atomic E-state index is 12.4.